The maximum absolute atomic E-state index is 11.4. The first-order chi connectivity index (χ1) is 7.22. The Bertz CT molecular complexity index is 383. The number of rotatable bonds is 3. The van der Waals surface area contributed by atoms with E-state index >= 15 is 0 Å². The summed E-state index contributed by atoms with van der Waals surface area (Å²) in [7, 11) is 0. The number of carbonyl (C=O) groups excluding carboxylic acids is 1. The van der Waals surface area contributed by atoms with Crippen LogP contribution in [0.25, 0.3) is 0 Å². The first kappa shape index (κ1) is 10.5. The Morgan fingerprint density at radius 3 is 2.80 bits per heavy atom. The molecule has 0 atom stereocenters. The molecule has 0 amide bonds. The van der Waals surface area contributed by atoms with E-state index in [0.717, 1.165) is 5.56 Å². The van der Waals surface area contributed by atoms with Crippen molar-refractivity contribution in [1.82, 2.24) is 0 Å². The topological polar surface area (TPSA) is 26.3 Å². The monoisotopic (exact) mass is 224 g/mol. The molecule has 1 aromatic rings. The third kappa shape index (κ3) is 2.32. The summed E-state index contributed by atoms with van der Waals surface area (Å²) in [4.78, 5) is 11.4. The zero-order chi connectivity index (χ0) is 10.8. The van der Waals surface area contributed by atoms with Crippen molar-refractivity contribution in [3.05, 3.63) is 34.3 Å². The Balaban J connectivity index is 2.20. The largest absolute Gasteiger partial charge is 0.462 e. The van der Waals surface area contributed by atoms with Gasteiger partial charge in [0.25, 0.3) is 0 Å². The molecule has 80 valence electrons. The number of ether oxygens (including phenoxy) is 1. The third-order valence-corrected chi connectivity index (χ3v) is 2.86. The lowest BCUT2D eigenvalue weighted by Gasteiger charge is -2.05. The summed E-state index contributed by atoms with van der Waals surface area (Å²) in [6.45, 7) is 2.18. The van der Waals surface area contributed by atoms with Gasteiger partial charge < -0.3 is 4.74 Å². The molecule has 0 aromatic heterocycles. The van der Waals surface area contributed by atoms with Crippen LogP contribution >= 0.6 is 11.6 Å². The van der Waals surface area contributed by atoms with E-state index in [2.05, 4.69) is 0 Å². The molecular weight excluding hydrogens is 212 g/mol. The Morgan fingerprint density at radius 2 is 2.27 bits per heavy atom. The van der Waals surface area contributed by atoms with Crippen molar-refractivity contribution in [2.75, 3.05) is 6.61 Å². The molecule has 0 bridgehead atoms. The number of hydrogen-bond acceptors (Lipinski definition) is 2. The third-order valence-electron chi connectivity index (χ3n) is 2.53. The number of carbonyl (C=O) groups is 1. The quantitative estimate of drug-likeness (QED) is 0.736. The van der Waals surface area contributed by atoms with E-state index in [0.29, 0.717) is 23.1 Å². The SMILES string of the molecule is CCOC(=O)c1ccc(C2CC2)c(Cl)c1. The minimum absolute atomic E-state index is 0.304. The van der Waals surface area contributed by atoms with Gasteiger partial charge in [-0.2, -0.15) is 0 Å². The molecule has 0 N–H and O–H groups in total. The van der Waals surface area contributed by atoms with E-state index in [4.69, 9.17) is 16.3 Å². The lowest BCUT2D eigenvalue weighted by atomic mass is 10.1. The van der Waals surface area contributed by atoms with Crippen molar-refractivity contribution < 1.29 is 9.53 Å². The molecule has 0 heterocycles. The van der Waals surface area contributed by atoms with Crippen molar-refractivity contribution in [3.8, 4) is 0 Å². The van der Waals surface area contributed by atoms with Crippen molar-refractivity contribution in [1.29, 1.82) is 0 Å². The summed E-state index contributed by atoms with van der Waals surface area (Å²) in [5.41, 5.74) is 1.69. The lowest BCUT2D eigenvalue weighted by molar-refractivity contribution is 0.0526. The van der Waals surface area contributed by atoms with E-state index in [-0.39, 0.29) is 5.97 Å². The smallest absolute Gasteiger partial charge is 0.338 e. The van der Waals surface area contributed by atoms with Crippen LogP contribution in [0.15, 0.2) is 18.2 Å². The minimum Gasteiger partial charge on any atom is -0.462 e. The van der Waals surface area contributed by atoms with Crippen LogP contribution in [0.5, 0.6) is 0 Å². The first-order valence-corrected chi connectivity index (χ1v) is 5.56. The van der Waals surface area contributed by atoms with E-state index < -0.39 is 0 Å². The summed E-state index contributed by atoms with van der Waals surface area (Å²) in [6.07, 6.45) is 2.41. The van der Waals surface area contributed by atoms with Gasteiger partial charge in [0, 0.05) is 5.02 Å². The normalized spacial score (nSPS) is 15.1. The number of halogens is 1. The van der Waals surface area contributed by atoms with Crippen molar-refractivity contribution in [2.45, 2.75) is 25.7 Å². The summed E-state index contributed by atoms with van der Waals surface area (Å²) in [6, 6.07) is 5.43. The molecule has 2 nitrogen and oxygen atoms in total. The highest BCUT2D eigenvalue weighted by atomic mass is 35.5. The van der Waals surface area contributed by atoms with Crippen LogP contribution in [0, 0.1) is 0 Å². The molecule has 1 aliphatic carbocycles. The number of benzene rings is 1. The highest BCUT2D eigenvalue weighted by Crippen LogP contribution is 2.43. The maximum atomic E-state index is 11.4. The fourth-order valence-electron chi connectivity index (χ4n) is 1.59. The van der Waals surface area contributed by atoms with Crippen LogP contribution in [0.2, 0.25) is 5.02 Å². The molecule has 1 fully saturated rings. The summed E-state index contributed by atoms with van der Waals surface area (Å²) in [5.74, 6) is 0.301. The van der Waals surface area contributed by atoms with Gasteiger partial charge in [-0.05, 0) is 43.4 Å². The van der Waals surface area contributed by atoms with E-state index in [1.54, 1.807) is 19.1 Å². The van der Waals surface area contributed by atoms with Crippen molar-refractivity contribution in [3.63, 3.8) is 0 Å². The van der Waals surface area contributed by atoms with Crippen LogP contribution in [0.1, 0.15) is 41.6 Å². The van der Waals surface area contributed by atoms with Gasteiger partial charge in [-0.15, -0.1) is 0 Å². The standard InChI is InChI=1S/C12H13ClO2/c1-2-15-12(14)9-5-6-10(8-3-4-8)11(13)7-9/h5-8H,2-4H2,1H3. The zero-order valence-electron chi connectivity index (χ0n) is 8.63. The molecular formula is C12H13ClO2. The second kappa shape index (κ2) is 4.23. The molecule has 3 heteroatoms. The van der Waals surface area contributed by atoms with Gasteiger partial charge in [-0.25, -0.2) is 4.79 Å². The Hall–Kier alpha value is -1.02. The number of esters is 1. The Kier molecular flexibility index (Phi) is 2.96. The van der Waals surface area contributed by atoms with Crippen molar-refractivity contribution >= 4 is 17.6 Å². The van der Waals surface area contributed by atoms with Crippen LogP contribution in [0.4, 0.5) is 0 Å². The molecule has 0 radical (unpaired) electrons. The van der Waals surface area contributed by atoms with Crippen LogP contribution in [0.3, 0.4) is 0 Å². The van der Waals surface area contributed by atoms with E-state index in [9.17, 15) is 4.79 Å². The average Bonchev–Trinajstić information content (AvgIpc) is 3.01. The van der Waals surface area contributed by atoms with Crippen LogP contribution < -0.4 is 0 Å². The summed E-state index contributed by atoms with van der Waals surface area (Å²) >= 11 is 6.10. The maximum Gasteiger partial charge on any atom is 0.338 e. The molecule has 0 unspecified atom stereocenters. The van der Waals surface area contributed by atoms with Gasteiger partial charge in [-0.3, -0.25) is 0 Å². The van der Waals surface area contributed by atoms with E-state index in [1.165, 1.54) is 12.8 Å². The van der Waals surface area contributed by atoms with Gasteiger partial charge in [0.1, 0.15) is 0 Å². The van der Waals surface area contributed by atoms with Gasteiger partial charge in [0.2, 0.25) is 0 Å². The number of hydrogen-bond donors (Lipinski definition) is 0. The molecule has 0 spiro atoms. The second-order valence-electron chi connectivity index (χ2n) is 3.73. The fourth-order valence-corrected chi connectivity index (χ4v) is 1.93. The summed E-state index contributed by atoms with van der Waals surface area (Å²) < 4.78 is 4.90. The molecule has 1 aromatic carbocycles. The van der Waals surface area contributed by atoms with Crippen LogP contribution in [-0.2, 0) is 4.74 Å². The van der Waals surface area contributed by atoms with Crippen molar-refractivity contribution in [2.24, 2.45) is 0 Å². The predicted octanol–water partition coefficient (Wildman–Crippen LogP) is 3.39. The van der Waals surface area contributed by atoms with Gasteiger partial charge in [-0.1, -0.05) is 17.7 Å². The first-order valence-electron chi connectivity index (χ1n) is 5.19. The highest BCUT2D eigenvalue weighted by molar-refractivity contribution is 6.31. The molecule has 1 saturated carbocycles. The van der Waals surface area contributed by atoms with Crippen LogP contribution in [-0.4, -0.2) is 12.6 Å². The van der Waals surface area contributed by atoms with Gasteiger partial charge in [0.15, 0.2) is 0 Å². The van der Waals surface area contributed by atoms with Gasteiger partial charge >= 0.3 is 5.97 Å². The Labute approximate surface area is 94.2 Å². The molecule has 1 aliphatic rings. The molecule has 2 rings (SSSR count). The lowest BCUT2D eigenvalue weighted by Crippen LogP contribution is -2.04. The molecule has 15 heavy (non-hydrogen) atoms. The van der Waals surface area contributed by atoms with E-state index in [1.807, 2.05) is 6.07 Å². The fraction of sp³-hybridized carbons (Fsp3) is 0.417. The average molecular weight is 225 g/mol. The van der Waals surface area contributed by atoms with Gasteiger partial charge in [0.05, 0.1) is 12.2 Å². The zero-order valence-corrected chi connectivity index (χ0v) is 9.38. The molecule has 0 saturated heterocycles. The molecule has 0 aliphatic heterocycles. The predicted molar refractivity (Wildman–Crippen MR) is 59.4 cm³/mol. The minimum atomic E-state index is -0.304. The summed E-state index contributed by atoms with van der Waals surface area (Å²) in [5, 5.41) is 0.683. The second-order valence-corrected chi connectivity index (χ2v) is 4.14. The highest BCUT2D eigenvalue weighted by Gasteiger charge is 2.26. The Morgan fingerprint density at radius 1 is 1.53 bits per heavy atom.